The van der Waals surface area contributed by atoms with Gasteiger partial charge in [0.2, 0.25) is 0 Å². The number of aromatic nitrogens is 1. The largest absolute Gasteiger partial charge is 0.469 e. The molecule has 1 aliphatic heterocycles. The van der Waals surface area contributed by atoms with E-state index in [4.69, 9.17) is 14.2 Å². The van der Waals surface area contributed by atoms with Crippen LogP contribution in [0.5, 0.6) is 0 Å². The molecule has 0 bridgehead atoms. The van der Waals surface area contributed by atoms with E-state index in [9.17, 15) is 14.4 Å². The van der Waals surface area contributed by atoms with Gasteiger partial charge in [0.05, 0.1) is 39.2 Å². The van der Waals surface area contributed by atoms with Crippen LogP contribution < -0.4 is 0 Å². The first-order valence-electron chi connectivity index (χ1n) is 12.9. The Hall–Kier alpha value is -3.65. The van der Waals surface area contributed by atoms with Crippen molar-refractivity contribution >= 4 is 28.8 Å². The van der Waals surface area contributed by atoms with Crippen LogP contribution in [-0.2, 0) is 48.6 Å². The maximum absolute atomic E-state index is 13.2. The van der Waals surface area contributed by atoms with E-state index in [1.807, 2.05) is 56.4 Å². The van der Waals surface area contributed by atoms with Crippen LogP contribution in [0.4, 0.5) is 0 Å². The molecule has 0 N–H and O–H groups in total. The molecule has 2 aromatic carbocycles. The summed E-state index contributed by atoms with van der Waals surface area (Å²) >= 11 is 0. The minimum atomic E-state index is -0.761. The predicted octanol–water partition coefficient (Wildman–Crippen LogP) is 4.20. The molecule has 0 radical (unpaired) electrons. The summed E-state index contributed by atoms with van der Waals surface area (Å²) < 4.78 is 17.7. The summed E-state index contributed by atoms with van der Waals surface area (Å²) in [5.74, 6) is -2.69. The van der Waals surface area contributed by atoms with E-state index in [2.05, 4.69) is 21.6 Å². The minimum Gasteiger partial charge on any atom is -0.469 e. The summed E-state index contributed by atoms with van der Waals surface area (Å²) in [5.41, 5.74) is 4.16. The minimum absolute atomic E-state index is 0.276. The zero-order valence-electron chi connectivity index (χ0n) is 22.7. The highest BCUT2D eigenvalue weighted by Gasteiger charge is 2.45. The molecule has 0 aliphatic carbocycles. The van der Waals surface area contributed by atoms with E-state index in [1.54, 1.807) is 0 Å². The van der Waals surface area contributed by atoms with Crippen LogP contribution in [0.3, 0.4) is 0 Å². The van der Waals surface area contributed by atoms with Crippen LogP contribution in [0.25, 0.3) is 10.9 Å². The second-order valence-corrected chi connectivity index (χ2v) is 9.76. The molecule has 1 aliphatic rings. The van der Waals surface area contributed by atoms with E-state index < -0.39 is 29.8 Å². The summed E-state index contributed by atoms with van der Waals surface area (Å²) in [5, 5.41) is 1.07. The number of benzene rings is 2. The number of aryl methyl sites for hydroxylation is 1. The highest BCUT2D eigenvalue weighted by molar-refractivity contribution is 5.88. The number of rotatable bonds is 9. The molecule has 8 nitrogen and oxygen atoms in total. The lowest BCUT2D eigenvalue weighted by Crippen LogP contribution is -2.50. The van der Waals surface area contributed by atoms with Crippen molar-refractivity contribution in [1.82, 2.24) is 9.47 Å². The van der Waals surface area contributed by atoms with E-state index >= 15 is 0 Å². The monoisotopic (exact) mass is 520 g/mol. The van der Waals surface area contributed by atoms with Crippen molar-refractivity contribution in [1.29, 1.82) is 0 Å². The molecule has 4 atom stereocenters. The molecule has 0 amide bonds. The van der Waals surface area contributed by atoms with E-state index in [-0.39, 0.29) is 18.4 Å². The van der Waals surface area contributed by atoms with Crippen LogP contribution in [0, 0.1) is 11.8 Å². The third kappa shape index (κ3) is 5.05. The van der Waals surface area contributed by atoms with Crippen LogP contribution in [0.2, 0.25) is 0 Å². The molecule has 202 valence electrons. The third-order valence-corrected chi connectivity index (χ3v) is 7.87. The maximum Gasteiger partial charge on any atom is 0.323 e. The molecule has 2 heterocycles. The van der Waals surface area contributed by atoms with Crippen LogP contribution in [0.1, 0.15) is 42.6 Å². The van der Waals surface area contributed by atoms with Gasteiger partial charge in [0.25, 0.3) is 0 Å². The molecule has 0 saturated heterocycles. The highest BCUT2D eigenvalue weighted by atomic mass is 16.5. The summed E-state index contributed by atoms with van der Waals surface area (Å²) in [4.78, 5) is 41.3. The molecule has 1 aromatic heterocycles. The van der Waals surface area contributed by atoms with E-state index in [1.165, 1.54) is 21.3 Å². The number of fused-ring (bicyclic) bond motifs is 3. The molecule has 0 saturated carbocycles. The van der Waals surface area contributed by atoms with Crippen LogP contribution in [-0.4, -0.2) is 54.7 Å². The van der Waals surface area contributed by atoms with Crippen molar-refractivity contribution in [3.05, 3.63) is 71.4 Å². The molecule has 4 rings (SSSR count). The molecule has 38 heavy (non-hydrogen) atoms. The zero-order chi connectivity index (χ0) is 27.4. The van der Waals surface area contributed by atoms with Crippen LogP contribution in [0.15, 0.2) is 54.6 Å². The second kappa shape index (κ2) is 11.8. The molecule has 8 heteroatoms. The van der Waals surface area contributed by atoms with Crippen molar-refractivity contribution < 1.29 is 28.6 Å². The SMILES string of the molecule is CCC(C(=O)OC)C(CC1c2c(c3ccccc3n2C)CC(C(=O)OC)N1Cc1ccccc1)C(=O)OC. The molecule has 0 spiro atoms. The van der Waals surface area contributed by atoms with E-state index in [0.717, 1.165) is 27.7 Å². The van der Waals surface area contributed by atoms with Crippen molar-refractivity contribution in [2.75, 3.05) is 21.3 Å². The topological polar surface area (TPSA) is 87.1 Å². The van der Waals surface area contributed by atoms with Gasteiger partial charge in [0.15, 0.2) is 0 Å². The normalized spacial score (nSPS) is 18.9. The average molecular weight is 521 g/mol. The van der Waals surface area contributed by atoms with Gasteiger partial charge in [-0.15, -0.1) is 0 Å². The molecule has 3 aromatic rings. The number of nitrogens with zero attached hydrogens (tertiary/aromatic N) is 2. The van der Waals surface area contributed by atoms with Gasteiger partial charge in [-0.1, -0.05) is 55.5 Å². The Kier molecular flexibility index (Phi) is 8.52. The van der Waals surface area contributed by atoms with Crippen molar-refractivity contribution in [3.8, 4) is 0 Å². The lowest BCUT2D eigenvalue weighted by atomic mass is 9.80. The first kappa shape index (κ1) is 27.4. The molecule has 0 fully saturated rings. The Morgan fingerprint density at radius 2 is 1.53 bits per heavy atom. The number of methoxy groups -OCH3 is 3. The molecule has 4 unspecified atom stereocenters. The number of esters is 3. The summed E-state index contributed by atoms with van der Waals surface area (Å²) in [6, 6.07) is 17.1. The van der Waals surface area contributed by atoms with E-state index in [0.29, 0.717) is 19.4 Å². The fourth-order valence-corrected chi connectivity index (χ4v) is 6.02. The van der Waals surface area contributed by atoms with Crippen molar-refractivity contribution in [3.63, 3.8) is 0 Å². The van der Waals surface area contributed by atoms with Gasteiger partial charge in [0, 0.05) is 36.6 Å². The second-order valence-electron chi connectivity index (χ2n) is 9.76. The number of ether oxygens (including phenoxy) is 3. The summed E-state index contributed by atoms with van der Waals surface area (Å²) in [6.45, 7) is 2.33. The van der Waals surface area contributed by atoms with Crippen molar-refractivity contribution in [2.45, 2.75) is 44.8 Å². The van der Waals surface area contributed by atoms with Gasteiger partial charge in [0.1, 0.15) is 6.04 Å². The molecular weight excluding hydrogens is 484 g/mol. The average Bonchev–Trinajstić information content (AvgIpc) is 3.24. The maximum atomic E-state index is 13.2. The number of para-hydroxylation sites is 1. The lowest BCUT2D eigenvalue weighted by Gasteiger charge is -2.43. The fourth-order valence-electron chi connectivity index (χ4n) is 6.02. The predicted molar refractivity (Wildman–Crippen MR) is 143 cm³/mol. The van der Waals surface area contributed by atoms with Gasteiger partial charge in [-0.3, -0.25) is 19.3 Å². The summed E-state index contributed by atoms with van der Waals surface area (Å²) in [6.07, 6.45) is 1.17. The van der Waals surface area contributed by atoms with Crippen molar-refractivity contribution in [2.24, 2.45) is 18.9 Å². The Morgan fingerprint density at radius 3 is 2.16 bits per heavy atom. The zero-order valence-corrected chi connectivity index (χ0v) is 22.7. The first-order chi connectivity index (χ1) is 18.4. The van der Waals surface area contributed by atoms with Gasteiger partial charge in [-0.2, -0.15) is 0 Å². The fraction of sp³-hybridized carbons (Fsp3) is 0.433. The van der Waals surface area contributed by atoms with Gasteiger partial charge in [-0.25, -0.2) is 0 Å². The number of carbonyl (C=O) groups excluding carboxylic acids is 3. The standard InChI is InChI=1S/C30H36N2O6/c1-6-20(28(33)36-3)23(29(34)37-4)17-25-27-22(21-14-10-11-15-24(21)31(27)2)16-26(30(35)38-5)32(25)18-19-12-8-7-9-13-19/h7-15,20,23,25-26H,6,16-18H2,1-5H3. The Bertz CT molecular complexity index is 1300. The number of hydrogen-bond donors (Lipinski definition) is 0. The quantitative estimate of drug-likeness (QED) is 0.309. The number of carbonyl (C=O) groups is 3. The third-order valence-electron chi connectivity index (χ3n) is 7.87. The number of hydrogen-bond acceptors (Lipinski definition) is 7. The van der Waals surface area contributed by atoms with Gasteiger partial charge < -0.3 is 18.8 Å². The molecular formula is C30H36N2O6. The smallest absolute Gasteiger partial charge is 0.323 e. The Labute approximate surface area is 223 Å². The Morgan fingerprint density at radius 1 is 0.895 bits per heavy atom. The summed E-state index contributed by atoms with van der Waals surface area (Å²) in [7, 11) is 6.08. The van der Waals surface area contributed by atoms with Gasteiger partial charge >= 0.3 is 17.9 Å². The Balaban J connectivity index is 1.92. The van der Waals surface area contributed by atoms with Gasteiger partial charge in [-0.05, 0) is 30.0 Å². The lowest BCUT2D eigenvalue weighted by molar-refractivity contribution is -0.159. The highest BCUT2D eigenvalue weighted by Crippen LogP contribution is 2.44. The van der Waals surface area contributed by atoms with Crippen LogP contribution >= 0.6 is 0 Å². The first-order valence-corrected chi connectivity index (χ1v) is 12.9.